The lowest BCUT2D eigenvalue weighted by Gasteiger charge is -2.37. The fourth-order valence-electron chi connectivity index (χ4n) is 4.05. The number of thiocarbonyl (C=S) groups is 1. The summed E-state index contributed by atoms with van der Waals surface area (Å²) in [7, 11) is 3.04. The summed E-state index contributed by atoms with van der Waals surface area (Å²) in [6.45, 7) is 2.46. The van der Waals surface area contributed by atoms with E-state index in [1.807, 2.05) is 29.2 Å². The van der Waals surface area contributed by atoms with Gasteiger partial charge >= 0.3 is 0 Å². The van der Waals surface area contributed by atoms with Gasteiger partial charge in [0.05, 0.1) is 25.6 Å². The SMILES string of the molecule is COc1cc(OC)cc(C(=O)NC(=S)Nc2ccccc2N2CCN(C(=O)c3ccc(Cl)cc3)CC2)c1. The number of nitrogens with one attached hydrogen (secondary N) is 2. The molecule has 0 aliphatic carbocycles. The predicted molar refractivity (Wildman–Crippen MR) is 149 cm³/mol. The third-order valence-corrected chi connectivity index (χ3v) is 6.45. The van der Waals surface area contributed by atoms with E-state index in [1.165, 1.54) is 14.2 Å². The van der Waals surface area contributed by atoms with Gasteiger partial charge in [-0.2, -0.15) is 0 Å². The molecular weight excluding hydrogens is 512 g/mol. The zero-order chi connectivity index (χ0) is 26.4. The molecule has 0 atom stereocenters. The third-order valence-electron chi connectivity index (χ3n) is 5.99. The van der Waals surface area contributed by atoms with Gasteiger partial charge in [-0.05, 0) is 60.7 Å². The molecule has 1 heterocycles. The van der Waals surface area contributed by atoms with Gasteiger partial charge in [0, 0.05) is 48.4 Å². The number of carbonyl (C=O) groups is 2. The van der Waals surface area contributed by atoms with Crippen molar-refractivity contribution < 1.29 is 19.1 Å². The number of rotatable bonds is 6. The zero-order valence-electron chi connectivity index (χ0n) is 20.5. The van der Waals surface area contributed by atoms with Crippen molar-refractivity contribution in [2.75, 3.05) is 50.6 Å². The highest BCUT2D eigenvalue weighted by Crippen LogP contribution is 2.27. The van der Waals surface area contributed by atoms with Crippen LogP contribution in [0.25, 0.3) is 0 Å². The molecule has 0 bridgehead atoms. The molecule has 1 fully saturated rings. The molecule has 0 aromatic heterocycles. The molecule has 0 saturated carbocycles. The Hall–Kier alpha value is -3.82. The van der Waals surface area contributed by atoms with Gasteiger partial charge in [0.25, 0.3) is 11.8 Å². The first-order valence-electron chi connectivity index (χ1n) is 11.6. The Morgan fingerprint density at radius 3 is 2.11 bits per heavy atom. The highest BCUT2D eigenvalue weighted by molar-refractivity contribution is 7.80. The van der Waals surface area contributed by atoms with Gasteiger partial charge in [0.2, 0.25) is 0 Å². The second-order valence-electron chi connectivity index (χ2n) is 8.31. The van der Waals surface area contributed by atoms with E-state index in [9.17, 15) is 9.59 Å². The maximum absolute atomic E-state index is 12.8. The van der Waals surface area contributed by atoms with Crippen LogP contribution in [0.4, 0.5) is 11.4 Å². The standard InChI is InChI=1S/C27H27ClN4O4S/c1-35-21-15-19(16-22(17-21)36-2)25(33)30-27(37)29-23-5-3-4-6-24(23)31-11-13-32(14-12-31)26(34)18-7-9-20(28)10-8-18/h3-10,15-17H,11-14H2,1-2H3,(H2,29,30,33,37). The number of para-hydroxylation sites is 2. The summed E-state index contributed by atoms with van der Waals surface area (Å²) in [4.78, 5) is 29.7. The number of piperazine rings is 1. The van der Waals surface area contributed by atoms with E-state index in [1.54, 1.807) is 42.5 Å². The van der Waals surface area contributed by atoms with E-state index in [4.69, 9.17) is 33.3 Å². The monoisotopic (exact) mass is 538 g/mol. The van der Waals surface area contributed by atoms with Crippen molar-refractivity contribution in [2.45, 2.75) is 0 Å². The smallest absolute Gasteiger partial charge is 0.257 e. The van der Waals surface area contributed by atoms with Gasteiger partial charge in [-0.25, -0.2) is 0 Å². The normalized spacial score (nSPS) is 13.1. The van der Waals surface area contributed by atoms with Gasteiger partial charge in [-0.15, -0.1) is 0 Å². The second-order valence-corrected chi connectivity index (χ2v) is 9.16. The molecule has 0 spiro atoms. The molecule has 37 heavy (non-hydrogen) atoms. The molecule has 2 N–H and O–H groups in total. The Morgan fingerprint density at radius 1 is 0.865 bits per heavy atom. The quantitative estimate of drug-likeness (QED) is 0.449. The Bertz CT molecular complexity index is 1270. The summed E-state index contributed by atoms with van der Waals surface area (Å²) in [6, 6.07) is 19.5. The largest absolute Gasteiger partial charge is 0.497 e. The van der Waals surface area contributed by atoms with E-state index in [0.717, 1.165) is 11.4 Å². The van der Waals surface area contributed by atoms with E-state index in [2.05, 4.69) is 15.5 Å². The van der Waals surface area contributed by atoms with Crippen molar-refractivity contribution in [3.8, 4) is 11.5 Å². The number of halogens is 1. The Balaban J connectivity index is 1.39. The first-order chi connectivity index (χ1) is 17.9. The van der Waals surface area contributed by atoms with Crippen LogP contribution in [-0.4, -0.2) is 62.2 Å². The summed E-state index contributed by atoms with van der Waals surface area (Å²) in [5, 5.41) is 6.61. The van der Waals surface area contributed by atoms with Gasteiger partial charge in [0.15, 0.2) is 5.11 Å². The summed E-state index contributed by atoms with van der Waals surface area (Å²) >= 11 is 11.4. The minimum atomic E-state index is -0.387. The van der Waals surface area contributed by atoms with Crippen LogP contribution in [0.15, 0.2) is 66.7 Å². The van der Waals surface area contributed by atoms with Crippen LogP contribution in [0.3, 0.4) is 0 Å². The third kappa shape index (κ3) is 6.49. The fraction of sp³-hybridized carbons (Fsp3) is 0.222. The Morgan fingerprint density at radius 2 is 1.49 bits per heavy atom. The zero-order valence-corrected chi connectivity index (χ0v) is 22.1. The topological polar surface area (TPSA) is 83.1 Å². The maximum atomic E-state index is 12.8. The molecule has 10 heteroatoms. The highest BCUT2D eigenvalue weighted by Gasteiger charge is 2.24. The maximum Gasteiger partial charge on any atom is 0.257 e. The van der Waals surface area contributed by atoms with Crippen LogP contribution < -0.4 is 25.0 Å². The molecule has 3 aromatic rings. The van der Waals surface area contributed by atoms with Crippen molar-refractivity contribution in [3.05, 3.63) is 82.9 Å². The van der Waals surface area contributed by atoms with Crippen LogP contribution in [0.1, 0.15) is 20.7 Å². The number of hydrogen-bond donors (Lipinski definition) is 2. The van der Waals surface area contributed by atoms with Crippen molar-refractivity contribution in [1.29, 1.82) is 0 Å². The predicted octanol–water partition coefficient (Wildman–Crippen LogP) is 4.45. The van der Waals surface area contributed by atoms with Gasteiger partial charge in [-0.3, -0.25) is 14.9 Å². The van der Waals surface area contributed by atoms with E-state index < -0.39 is 0 Å². The summed E-state index contributed by atoms with van der Waals surface area (Å²) in [6.07, 6.45) is 0. The van der Waals surface area contributed by atoms with E-state index in [0.29, 0.717) is 53.8 Å². The Labute approximate surface area is 226 Å². The van der Waals surface area contributed by atoms with Gasteiger partial charge < -0.3 is 24.6 Å². The summed E-state index contributed by atoms with van der Waals surface area (Å²) in [5.74, 6) is 0.604. The molecule has 0 unspecified atom stereocenters. The van der Waals surface area contributed by atoms with Crippen LogP contribution >= 0.6 is 23.8 Å². The van der Waals surface area contributed by atoms with Crippen molar-refractivity contribution in [2.24, 2.45) is 0 Å². The van der Waals surface area contributed by atoms with Crippen LogP contribution in [0.2, 0.25) is 5.02 Å². The minimum Gasteiger partial charge on any atom is -0.497 e. The molecule has 2 amide bonds. The number of anilines is 2. The van der Waals surface area contributed by atoms with Gasteiger partial charge in [0.1, 0.15) is 11.5 Å². The molecule has 0 radical (unpaired) electrons. The molecule has 1 aliphatic rings. The minimum absolute atomic E-state index is 0.0132. The van der Waals surface area contributed by atoms with Crippen molar-refractivity contribution >= 4 is 52.1 Å². The number of carbonyl (C=O) groups excluding carboxylic acids is 2. The average Bonchev–Trinajstić information content (AvgIpc) is 2.93. The number of nitrogens with zero attached hydrogens (tertiary/aromatic N) is 2. The number of amides is 2. The molecule has 1 aliphatic heterocycles. The number of methoxy groups -OCH3 is 2. The van der Waals surface area contributed by atoms with E-state index in [-0.39, 0.29) is 16.9 Å². The van der Waals surface area contributed by atoms with Crippen molar-refractivity contribution in [3.63, 3.8) is 0 Å². The average molecular weight is 539 g/mol. The lowest BCUT2D eigenvalue weighted by Crippen LogP contribution is -2.49. The van der Waals surface area contributed by atoms with Gasteiger partial charge in [-0.1, -0.05) is 23.7 Å². The molecular formula is C27H27ClN4O4S. The lowest BCUT2D eigenvalue weighted by atomic mass is 10.1. The number of benzene rings is 3. The van der Waals surface area contributed by atoms with Crippen LogP contribution in [0.5, 0.6) is 11.5 Å². The Kier molecular flexibility index (Phi) is 8.47. The number of ether oxygens (including phenoxy) is 2. The van der Waals surface area contributed by atoms with Crippen LogP contribution in [0, 0.1) is 0 Å². The highest BCUT2D eigenvalue weighted by atomic mass is 35.5. The fourth-order valence-corrected chi connectivity index (χ4v) is 4.38. The molecule has 3 aromatic carbocycles. The lowest BCUT2D eigenvalue weighted by molar-refractivity contribution is 0.0746. The second kappa shape index (κ2) is 11.9. The van der Waals surface area contributed by atoms with Crippen molar-refractivity contribution in [1.82, 2.24) is 10.2 Å². The van der Waals surface area contributed by atoms with Crippen LogP contribution in [-0.2, 0) is 0 Å². The molecule has 8 nitrogen and oxygen atoms in total. The summed E-state index contributed by atoms with van der Waals surface area (Å²) < 4.78 is 10.5. The molecule has 4 rings (SSSR count). The molecule has 1 saturated heterocycles. The number of hydrogen-bond acceptors (Lipinski definition) is 6. The molecule has 192 valence electrons. The summed E-state index contributed by atoms with van der Waals surface area (Å²) in [5.41, 5.74) is 2.67. The first-order valence-corrected chi connectivity index (χ1v) is 12.4. The first kappa shape index (κ1) is 26.2. The van der Waals surface area contributed by atoms with E-state index >= 15 is 0 Å².